The Balaban J connectivity index is 0.000000722. The second-order valence-electron chi connectivity index (χ2n) is 4.38. The van der Waals surface area contributed by atoms with Gasteiger partial charge in [-0.05, 0) is 31.0 Å². The van der Waals surface area contributed by atoms with Gasteiger partial charge in [0.25, 0.3) is 0 Å². The number of aromatic amines is 1. The molecule has 0 spiro atoms. The van der Waals surface area contributed by atoms with Crippen LogP contribution in [0, 0.1) is 0 Å². The molecule has 17 heavy (non-hydrogen) atoms. The maximum atomic E-state index is 5.74. The first-order valence-corrected chi connectivity index (χ1v) is 5.58. The lowest BCUT2D eigenvalue weighted by Gasteiger charge is -2.02. The smallest absolute Gasteiger partial charge is 0.110 e. The fourth-order valence-electron chi connectivity index (χ4n) is 2.44. The fourth-order valence-corrected chi connectivity index (χ4v) is 2.44. The minimum Gasteiger partial charge on any atom is -0.399 e. The van der Waals surface area contributed by atoms with Gasteiger partial charge in [0.05, 0.1) is 11.0 Å². The van der Waals surface area contributed by atoms with Crippen molar-refractivity contribution in [1.82, 2.24) is 9.97 Å². The summed E-state index contributed by atoms with van der Waals surface area (Å²) in [6.07, 6.45) is 5.22. The summed E-state index contributed by atoms with van der Waals surface area (Å²) in [4.78, 5) is 8.01. The monoisotopic (exact) mass is 273 g/mol. The number of benzene rings is 1. The van der Waals surface area contributed by atoms with Gasteiger partial charge < -0.3 is 10.7 Å². The lowest BCUT2D eigenvalue weighted by atomic mass is 10.1. The van der Waals surface area contributed by atoms with Crippen LogP contribution in [0.15, 0.2) is 18.2 Å². The lowest BCUT2D eigenvalue weighted by molar-refractivity contribution is 0.681. The number of H-pyrrole nitrogens is 1. The van der Waals surface area contributed by atoms with Crippen molar-refractivity contribution in [2.24, 2.45) is 0 Å². The molecule has 0 aliphatic heterocycles. The molecule has 1 aromatic carbocycles. The zero-order chi connectivity index (χ0) is 10.3. The largest absolute Gasteiger partial charge is 0.399 e. The van der Waals surface area contributed by atoms with Crippen molar-refractivity contribution >= 4 is 41.5 Å². The molecule has 2 aromatic rings. The summed E-state index contributed by atoms with van der Waals surface area (Å²) in [5.41, 5.74) is 8.63. The summed E-state index contributed by atoms with van der Waals surface area (Å²) in [6, 6.07) is 5.85. The second kappa shape index (κ2) is 5.61. The number of hydrogen-bond donors (Lipinski definition) is 2. The Morgan fingerprint density at radius 3 is 2.59 bits per heavy atom. The summed E-state index contributed by atoms with van der Waals surface area (Å²) in [5.74, 6) is 1.78. The summed E-state index contributed by atoms with van der Waals surface area (Å²) in [7, 11) is 0. The number of nitrogens with zero attached hydrogens (tertiary/aromatic N) is 1. The molecule has 94 valence electrons. The number of nitrogens with two attached hydrogens (primary N) is 1. The number of anilines is 1. The highest BCUT2D eigenvalue weighted by Gasteiger charge is 2.20. The molecule has 3 N–H and O–H groups in total. The standard InChI is InChI=1S/C12H15N3.2ClH/c13-9-5-6-10-11(7-9)15-12(14-10)8-3-1-2-4-8;;/h5-8H,1-4,13H2,(H,14,15);2*1H. The number of halogens is 2. The number of imidazole rings is 1. The molecule has 1 fully saturated rings. The van der Waals surface area contributed by atoms with Gasteiger partial charge in [0.2, 0.25) is 0 Å². The van der Waals surface area contributed by atoms with Crippen molar-refractivity contribution in [3.05, 3.63) is 24.0 Å². The molecule has 5 heteroatoms. The van der Waals surface area contributed by atoms with E-state index in [1.807, 2.05) is 18.2 Å². The van der Waals surface area contributed by atoms with Crippen LogP contribution >= 0.6 is 24.8 Å². The predicted octanol–water partition coefficient (Wildman–Crippen LogP) is 3.65. The average molecular weight is 274 g/mol. The summed E-state index contributed by atoms with van der Waals surface area (Å²) in [6.45, 7) is 0. The van der Waals surface area contributed by atoms with Crippen LogP contribution in [0.4, 0.5) is 5.69 Å². The molecule has 1 saturated carbocycles. The first-order chi connectivity index (χ1) is 7.33. The molecule has 0 bridgehead atoms. The number of nitrogens with one attached hydrogen (secondary N) is 1. The third-order valence-electron chi connectivity index (χ3n) is 3.27. The molecule has 0 radical (unpaired) electrons. The topological polar surface area (TPSA) is 54.7 Å². The van der Waals surface area contributed by atoms with Gasteiger partial charge in [-0.25, -0.2) is 4.98 Å². The van der Waals surface area contributed by atoms with Crippen molar-refractivity contribution in [2.45, 2.75) is 31.6 Å². The molecule has 1 aliphatic rings. The molecular weight excluding hydrogens is 257 g/mol. The molecule has 3 nitrogen and oxygen atoms in total. The highest BCUT2D eigenvalue weighted by molar-refractivity contribution is 5.85. The molecule has 0 saturated heterocycles. The number of fused-ring (bicyclic) bond motifs is 1. The van der Waals surface area contributed by atoms with Crippen molar-refractivity contribution in [3.8, 4) is 0 Å². The Labute approximate surface area is 113 Å². The highest BCUT2D eigenvalue weighted by atomic mass is 35.5. The normalized spacial score (nSPS) is 15.5. The minimum absolute atomic E-state index is 0. The molecule has 1 aliphatic carbocycles. The van der Waals surface area contributed by atoms with Crippen LogP contribution in [0.5, 0.6) is 0 Å². The Kier molecular flexibility index (Phi) is 4.66. The van der Waals surface area contributed by atoms with E-state index in [1.165, 1.54) is 25.7 Å². The van der Waals surface area contributed by atoms with Crippen molar-refractivity contribution in [3.63, 3.8) is 0 Å². The maximum Gasteiger partial charge on any atom is 0.110 e. The summed E-state index contributed by atoms with van der Waals surface area (Å²) in [5, 5.41) is 0. The van der Waals surface area contributed by atoms with Gasteiger partial charge >= 0.3 is 0 Å². The van der Waals surface area contributed by atoms with Crippen LogP contribution in [-0.4, -0.2) is 9.97 Å². The van der Waals surface area contributed by atoms with Crippen molar-refractivity contribution in [2.75, 3.05) is 5.73 Å². The van der Waals surface area contributed by atoms with E-state index in [1.54, 1.807) is 0 Å². The molecule has 1 heterocycles. The van der Waals surface area contributed by atoms with Gasteiger partial charge in [0.15, 0.2) is 0 Å². The van der Waals surface area contributed by atoms with E-state index in [9.17, 15) is 0 Å². The Bertz CT molecular complexity index is 489. The van der Waals surface area contributed by atoms with Gasteiger partial charge in [-0.3, -0.25) is 0 Å². The van der Waals surface area contributed by atoms with Gasteiger partial charge in [0, 0.05) is 11.6 Å². The Morgan fingerprint density at radius 1 is 1.18 bits per heavy atom. The van der Waals surface area contributed by atoms with Gasteiger partial charge in [-0.1, -0.05) is 12.8 Å². The van der Waals surface area contributed by atoms with Gasteiger partial charge in [-0.15, -0.1) is 24.8 Å². The highest BCUT2D eigenvalue weighted by Crippen LogP contribution is 2.33. The van der Waals surface area contributed by atoms with E-state index in [0.29, 0.717) is 5.92 Å². The number of aromatic nitrogens is 2. The molecule has 0 atom stereocenters. The van der Waals surface area contributed by atoms with E-state index in [2.05, 4.69) is 9.97 Å². The molecular formula is C12H17Cl2N3. The third kappa shape index (κ3) is 2.67. The van der Waals surface area contributed by atoms with Crippen LogP contribution in [0.2, 0.25) is 0 Å². The summed E-state index contributed by atoms with van der Waals surface area (Å²) >= 11 is 0. The quantitative estimate of drug-likeness (QED) is 0.780. The third-order valence-corrected chi connectivity index (χ3v) is 3.27. The molecule has 0 amide bonds. The first kappa shape index (κ1) is 14.1. The van der Waals surface area contributed by atoms with Crippen LogP contribution in [0.3, 0.4) is 0 Å². The van der Waals surface area contributed by atoms with E-state index in [-0.39, 0.29) is 24.8 Å². The minimum atomic E-state index is 0. The number of rotatable bonds is 1. The average Bonchev–Trinajstić information content (AvgIpc) is 2.84. The van der Waals surface area contributed by atoms with E-state index in [4.69, 9.17) is 5.73 Å². The van der Waals surface area contributed by atoms with Crippen LogP contribution in [-0.2, 0) is 0 Å². The molecule has 1 aromatic heterocycles. The Hall–Kier alpha value is -0.930. The number of nitrogen functional groups attached to an aromatic ring is 1. The van der Waals surface area contributed by atoms with Crippen molar-refractivity contribution < 1.29 is 0 Å². The first-order valence-electron chi connectivity index (χ1n) is 5.58. The Morgan fingerprint density at radius 2 is 1.88 bits per heavy atom. The van der Waals surface area contributed by atoms with Crippen LogP contribution in [0.1, 0.15) is 37.4 Å². The summed E-state index contributed by atoms with van der Waals surface area (Å²) < 4.78 is 0. The van der Waals surface area contributed by atoms with Gasteiger partial charge in [-0.2, -0.15) is 0 Å². The van der Waals surface area contributed by atoms with E-state index in [0.717, 1.165) is 22.5 Å². The fraction of sp³-hybridized carbons (Fsp3) is 0.417. The van der Waals surface area contributed by atoms with Crippen LogP contribution in [0.25, 0.3) is 11.0 Å². The molecule has 0 unspecified atom stereocenters. The second-order valence-corrected chi connectivity index (χ2v) is 4.38. The van der Waals surface area contributed by atoms with Gasteiger partial charge in [0.1, 0.15) is 5.82 Å². The zero-order valence-corrected chi connectivity index (χ0v) is 11.1. The van der Waals surface area contributed by atoms with Crippen molar-refractivity contribution in [1.29, 1.82) is 0 Å². The lowest BCUT2D eigenvalue weighted by Crippen LogP contribution is -1.93. The molecule has 3 rings (SSSR count). The maximum absolute atomic E-state index is 5.74. The number of hydrogen-bond acceptors (Lipinski definition) is 2. The SMILES string of the molecule is Cl.Cl.Nc1ccc2nc(C3CCCC3)[nH]c2c1. The van der Waals surface area contributed by atoms with Crippen LogP contribution < -0.4 is 5.73 Å². The van der Waals surface area contributed by atoms with E-state index >= 15 is 0 Å². The predicted molar refractivity (Wildman–Crippen MR) is 76.2 cm³/mol. The zero-order valence-electron chi connectivity index (χ0n) is 9.48. The van der Waals surface area contributed by atoms with E-state index < -0.39 is 0 Å².